The molecule has 0 saturated carbocycles. The minimum atomic E-state index is -0.222. The molecule has 2 aromatic carbocycles. The molecular weight excluding hydrogens is 403 g/mol. The van der Waals surface area contributed by atoms with Crippen LogP contribution in [0.15, 0.2) is 48.5 Å². The number of nitrogen functional groups attached to an aromatic ring is 1. The van der Waals surface area contributed by atoms with Crippen molar-refractivity contribution < 1.29 is 9.18 Å². The number of fused-ring (bicyclic) bond motifs is 2. The molecule has 1 amide bonds. The van der Waals surface area contributed by atoms with E-state index in [1.165, 1.54) is 12.1 Å². The number of benzene rings is 2. The predicted molar refractivity (Wildman–Crippen MR) is 118 cm³/mol. The molecule has 0 aromatic heterocycles. The lowest BCUT2D eigenvalue weighted by atomic mass is 9.99. The number of carbonyl (C=O) groups excluding carboxylic acids is 1. The van der Waals surface area contributed by atoms with Gasteiger partial charge in [0, 0.05) is 49.5 Å². The molecule has 2 fully saturated rings. The molecule has 7 heteroatoms. The number of amides is 1. The molecule has 2 N–H and O–H groups in total. The van der Waals surface area contributed by atoms with Gasteiger partial charge in [0.05, 0.1) is 12.1 Å². The second kappa shape index (κ2) is 8.76. The summed E-state index contributed by atoms with van der Waals surface area (Å²) in [4.78, 5) is 19.7. The zero-order chi connectivity index (χ0) is 21.3. The summed E-state index contributed by atoms with van der Waals surface area (Å²) in [6.45, 7) is 4.01. The lowest BCUT2D eigenvalue weighted by Crippen LogP contribution is -2.68. The van der Waals surface area contributed by atoms with E-state index in [9.17, 15) is 9.18 Å². The molecule has 2 unspecified atom stereocenters. The maximum Gasteiger partial charge on any atom is 0.247 e. The first-order valence-corrected chi connectivity index (χ1v) is 10.5. The SMILES string of the molecule is CN1CC2CN(Cc3ccc(F)cc3)CC(C1)N2C(=O)/C=C/c1ccc(Cl)cc1N. The molecule has 30 heavy (non-hydrogen) atoms. The molecule has 2 heterocycles. The van der Waals surface area contributed by atoms with Gasteiger partial charge in [-0.3, -0.25) is 9.69 Å². The number of nitrogens with zero attached hydrogens (tertiary/aromatic N) is 3. The molecule has 5 nitrogen and oxygen atoms in total. The largest absolute Gasteiger partial charge is 0.398 e. The molecule has 2 aliphatic heterocycles. The van der Waals surface area contributed by atoms with Crippen molar-refractivity contribution in [1.29, 1.82) is 0 Å². The van der Waals surface area contributed by atoms with Crippen LogP contribution in [0.1, 0.15) is 11.1 Å². The van der Waals surface area contributed by atoms with Crippen LogP contribution in [0.5, 0.6) is 0 Å². The highest BCUT2D eigenvalue weighted by molar-refractivity contribution is 6.30. The molecular formula is C23H26ClFN4O. The Morgan fingerprint density at radius 1 is 1.13 bits per heavy atom. The fraction of sp³-hybridized carbons (Fsp3) is 0.348. The highest BCUT2D eigenvalue weighted by atomic mass is 35.5. The fourth-order valence-corrected chi connectivity index (χ4v) is 4.69. The van der Waals surface area contributed by atoms with E-state index in [4.69, 9.17) is 17.3 Å². The van der Waals surface area contributed by atoms with Crippen molar-refractivity contribution in [1.82, 2.24) is 14.7 Å². The van der Waals surface area contributed by atoms with Gasteiger partial charge in [0.15, 0.2) is 0 Å². The average Bonchev–Trinajstić information content (AvgIpc) is 2.68. The van der Waals surface area contributed by atoms with E-state index in [1.54, 1.807) is 24.3 Å². The fourth-order valence-electron chi connectivity index (χ4n) is 4.51. The minimum absolute atomic E-state index is 0.00822. The molecule has 0 aliphatic carbocycles. The third kappa shape index (κ3) is 4.67. The summed E-state index contributed by atoms with van der Waals surface area (Å²) in [6, 6.07) is 12.1. The van der Waals surface area contributed by atoms with E-state index in [1.807, 2.05) is 23.1 Å². The molecule has 0 spiro atoms. The molecule has 2 bridgehead atoms. The van der Waals surface area contributed by atoms with E-state index in [0.29, 0.717) is 10.7 Å². The Hall–Kier alpha value is -2.41. The van der Waals surface area contributed by atoms with Gasteiger partial charge >= 0.3 is 0 Å². The highest BCUT2D eigenvalue weighted by Gasteiger charge is 2.41. The zero-order valence-corrected chi connectivity index (χ0v) is 17.7. The van der Waals surface area contributed by atoms with Crippen LogP contribution in [0.3, 0.4) is 0 Å². The van der Waals surface area contributed by atoms with Crippen LogP contribution >= 0.6 is 11.6 Å². The summed E-state index contributed by atoms with van der Waals surface area (Å²) >= 11 is 5.95. The first-order chi connectivity index (χ1) is 14.4. The van der Waals surface area contributed by atoms with Gasteiger partial charge in [-0.15, -0.1) is 0 Å². The van der Waals surface area contributed by atoms with Crippen molar-refractivity contribution in [3.63, 3.8) is 0 Å². The average molecular weight is 429 g/mol. The number of hydrogen-bond acceptors (Lipinski definition) is 4. The number of anilines is 1. The lowest BCUT2D eigenvalue weighted by Gasteiger charge is -2.52. The maximum atomic E-state index is 13.2. The number of rotatable bonds is 4. The van der Waals surface area contributed by atoms with Gasteiger partial charge < -0.3 is 15.5 Å². The number of likely N-dealkylation sites (N-methyl/N-ethyl adjacent to an activating group) is 1. The van der Waals surface area contributed by atoms with Crippen molar-refractivity contribution in [2.45, 2.75) is 18.6 Å². The van der Waals surface area contributed by atoms with Crippen LogP contribution in [0.4, 0.5) is 10.1 Å². The molecule has 4 rings (SSSR count). The van der Waals surface area contributed by atoms with Crippen LogP contribution < -0.4 is 5.73 Å². The Balaban J connectivity index is 1.46. The highest BCUT2D eigenvalue weighted by Crippen LogP contribution is 2.25. The maximum absolute atomic E-state index is 13.2. The van der Waals surface area contributed by atoms with E-state index >= 15 is 0 Å². The molecule has 2 aliphatic rings. The van der Waals surface area contributed by atoms with Crippen molar-refractivity contribution in [2.75, 3.05) is 39.0 Å². The summed E-state index contributed by atoms with van der Waals surface area (Å²) in [5, 5.41) is 0.575. The minimum Gasteiger partial charge on any atom is -0.398 e. The van der Waals surface area contributed by atoms with E-state index < -0.39 is 0 Å². The van der Waals surface area contributed by atoms with Crippen LogP contribution in [0, 0.1) is 5.82 Å². The first-order valence-electron chi connectivity index (χ1n) is 10.1. The Bertz CT molecular complexity index is 933. The Kier molecular flexibility index (Phi) is 6.09. The summed E-state index contributed by atoms with van der Waals surface area (Å²) in [5.41, 5.74) is 8.42. The third-order valence-electron chi connectivity index (χ3n) is 5.80. The monoisotopic (exact) mass is 428 g/mol. The third-order valence-corrected chi connectivity index (χ3v) is 6.03. The quantitative estimate of drug-likeness (QED) is 0.600. The lowest BCUT2D eigenvalue weighted by molar-refractivity contribution is -0.140. The van der Waals surface area contributed by atoms with Crippen molar-refractivity contribution >= 4 is 29.3 Å². The van der Waals surface area contributed by atoms with Gasteiger partial charge in [-0.05, 0) is 48.5 Å². The van der Waals surface area contributed by atoms with Crippen LogP contribution in [0.25, 0.3) is 6.08 Å². The Morgan fingerprint density at radius 2 is 1.80 bits per heavy atom. The second-order valence-electron chi connectivity index (χ2n) is 8.20. The summed E-state index contributed by atoms with van der Waals surface area (Å²) in [7, 11) is 2.10. The van der Waals surface area contributed by atoms with Crippen molar-refractivity contribution in [3.8, 4) is 0 Å². The normalized spacial score (nSPS) is 22.6. The summed E-state index contributed by atoms with van der Waals surface area (Å²) in [6.07, 6.45) is 3.37. The number of piperazine rings is 2. The van der Waals surface area contributed by atoms with Gasteiger partial charge in [-0.25, -0.2) is 4.39 Å². The van der Waals surface area contributed by atoms with Crippen molar-refractivity contribution in [3.05, 3.63) is 70.5 Å². The molecule has 2 saturated heterocycles. The van der Waals surface area contributed by atoms with Gasteiger partial charge in [0.25, 0.3) is 0 Å². The Labute approximate surface area is 181 Å². The summed E-state index contributed by atoms with van der Waals surface area (Å²) < 4.78 is 13.2. The first kappa shape index (κ1) is 20.8. The van der Waals surface area contributed by atoms with Gasteiger partial charge in [0.1, 0.15) is 5.82 Å². The van der Waals surface area contributed by atoms with E-state index in [0.717, 1.165) is 43.9 Å². The smallest absolute Gasteiger partial charge is 0.247 e. The summed E-state index contributed by atoms with van der Waals surface area (Å²) in [5.74, 6) is -0.213. The number of halogens is 2. The van der Waals surface area contributed by atoms with Gasteiger partial charge in [-0.2, -0.15) is 0 Å². The molecule has 2 atom stereocenters. The second-order valence-corrected chi connectivity index (χ2v) is 8.64. The van der Waals surface area contributed by atoms with Gasteiger partial charge in [-0.1, -0.05) is 29.8 Å². The predicted octanol–water partition coefficient (Wildman–Crippen LogP) is 3.10. The number of carbonyl (C=O) groups is 1. The number of hydrogen-bond donors (Lipinski definition) is 1. The van der Waals surface area contributed by atoms with Crippen molar-refractivity contribution in [2.24, 2.45) is 0 Å². The molecule has 2 aromatic rings. The molecule has 0 radical (unpaired) electrons. The molecule has 158 valence electrons. The standard InChI is InChI=1S/C23H26ClFN4O/c1-27-12-20-14-28(11-16-2-7-19(25)8-3-16)15-21(13-27)29(20)23(30)9-5-17-4-6-18(24)10-22(17)26/h2-10,20-21H,11-15,26H2,1H3/b9-5+. The van der Waals surface area contributed by atoms with Gasteiger partial charge in [0.2, 0.25) is 5.91 Å². The zero-order valence-electron chi connectivity index (χ0n) is 17.0. The topological polar surface area (TPSA) is 52.8 Å². The van der Waals surface area contributed by atoms with E-state index in [2.05, 4.69) is 16.8 Å². The van der Waals surface area contributed by atoms with E-state index in [-0.39, 0.29) is 23.8 Å². The number of nitrogens with two attached hydrogens (primary N) is 1. The van der Waals surface area contributed by atoms with Crippen LogP contribution in [0.2, 0.25) is 5.02 Å². The van der Waals surface area contributed by atoms with Crippen LogP contribution in [-0.2, 0) is 11.3 Å². The Morgan fingerprint density at radius 3 is 2.43 bits per heavy atom. The van der Waals surface area contributed by atoms with Crippen LogP contribution in [-0.4, -0.2) is 65.9 Å².